The Morgan fingerprint density at radius 2 is 1.46 bits per heavy atom. The number of phenolic OH excluding ortho intramolecular Hbond substituents is 1. The number of fused-ring (bicyclic) bond motifs is 3. The minimum Gasteiger partial charge on any atom is -0.507 e. The lowest BCUT2D eigenvalue weighted by molar-refractivity contribution is -0.143. The van der Waals surface area contributed by atoms with Crippen LogP contribution >= 0.6 is 15.9 Å². The summed E-state index contributed by atoms with van der Waals surface area (Å²) in [6, 6.07) is 25.5. The van der Waals surface area contributed by atoms with Crippen molar-refractivity contribution in [3.8, 4) is 5.75 Å². The minimum absolute atomic E-state index is 0.0378. The fraction of sp³-hybridized carbons (Fsp3) is 0.362. The first kappa shape index (κ1) is 46.5. The van der Waals surface area contributed by atoms with Crippen molar-refractivity contribution in [3.63, 3.8) is 0 Å². The van der Waals surface area contributed by atoms with Gasteiger partial charge in [-0.2, -0.15) is 26.3 Å². The zero-order valence-electron chi connectivity index (χ0n) is 35.1. The van der Waals surface area contributed by atoms with Gasteiger partial charge in [-0.05, 0) is 101 Å². The van der Waals surface area contributed by atoms with E-state index in [2.05, 4.69) is 36.7 Å². The number of halogens is 7. The normalized spacial score (nSPS) is 21.2. The van der Waals surface area contributed by atoms with Gasteiger partial charge in [0.1, 0.15) is 5.75 Å². The van der Waals surface area contributed by atoms with E-state index < -0.39 is 85.3 Å². The van der Waals surface area contributed by atoms with Crippen molar-refractivity contribution in [3.05, 3.63) is 135 Å². The summed E-state index contributed by atoms with van der Waals surface area (Å²) >= 11 is 3.45. The molecule has 0 spiro atoms. The summed E-state index contributed by atoms with van der Waals surface area (Å²) in [7, 11) is -4.65. The number of nitrogens with zero attached hydrogens (tertiary/aromatic N) is 1. The third kappa shape index (κ3) is 9.24. The minimum atomic E-state index is -5.21. The van der Waals surface area contributed by atoms with Gasteiger partial charge >= 0.3 is 19.5 Å². The molecule has 2 heterocycles. The smallest absolute Gasteiger partial charge is 0.455 e. The number of allylic oxidation sites excluding steroid dienone is 1. The summed E-state index contributed by atoms with van der Waals surface area (Å²) in [5.41, 5.74) is -1.36. The second-order valence-corrected chi connectivity index (χ2v) is 22.7. The largest absolute Gasteiger partial charge is 0.507 e. The molecule has 4 aromatic rings. The van der Waals surface area contributed by atoms with E-state index in [4.69, 9.17) is 9.08 Å². The molecular formula is C47H47BBrF6NO6Si. The third-order valence-corrected chi connectivity index (χ3v) is 18.0. The SMILES string of the molecule is CC/C(=C\c1cc(Br)ccc1O)CC[C@H]1OB(O)C[C@H]2C1=C(CO[Si](c1ccccc1)(c1ccccc1)C(C)(C)C)C[C@H]1C(=O)N(c3cc(C(F)(F)F)cc(C(F)(F)F)c3)C(=O)[C@H]12. The summed E-state index contributed by atoms with van der Waals surface area (Å²) in [6.45, 7) is 8.22. The Kier molecular flexibility index (Phi) is 13.2. The molecule has 63 heavy (non-hydrogen) atoms. The molecule has 7 rings (SSSR count). The number of imide groups is 1. The van der Waals surface area contributed by atoms with Gasteiger partial charge in [-0.25, -0.2) is 4.90 Å². The number of rotatable bonds is 11. The van der Waals surface area contributed by atoms with Gasteiger partial charge in [0.05, 0.1) is 41.4 Å². The van der Waals surface area contributed by atoms with E-state index in [-0.39, 0.29) is 31.2 Å². The number of hydrogen-bond acceptors (Lipinski definition) is 6. The van der Waals surface area contributed by atoms with E-state index in [1.165, 1.54) is 0 Å². The van der Waals surface area contributed by atoms with E-state index in [1.807, 2.05) is 73.7 Å². The van der Waals surface area contributed by atoms with Crippen LogP contribution in [-0.2, 0) is 31.0 Å². The van der Waals surface area contributed by atoms with Crippen LogP contribution in [0.2, 0.25) is 11.4 Å². The van der Waals surface area contributed by atoms with Crippen molar-refractivity contribution >= 4 is 65.3 Å². The predicted molar refractivity (Wildman–Crippen MR) is 236 cm³/mol. The Labute approximate surface area is 372 Å². The lowest BCUT2D eigenvalue weighted by atomic mass is 9.58. The predicted octanol–water partition coefficient (Wildman–Crippen LogP) is 10.3. The van der Waals surface area contributed by atoms with Gasteiger partial charge in [-0.1, -0.05) is 116 Å². The quantitative estimate of drug-likeness (QED) is 0.0673. The van der Waals surface area contributed by atoms with Crippen molar-refractivity contribution in [2.75, 3.05) is 11.5 Å². The zero-order valence-corrected chi connectivity index (χ0v) is 37.7. The monoisotopic (exact) mass is 953 g/mol. The maximum atomic E-state index is 14.6. The number of alkyl halides is 6. The molecule has 0 aromatic heterocycles. The summed E-state index contributed by atoms with van der Waals surface area (Å²) in [5, 5.41) is 23.4. The molecule has 2 aliphatic heterocycles. The summed E-state index contributed by atoms with van der Waals surface area (Å²) < 4.78 is 98.8. The van der Waals surface area contributed by atoms with E-state index >= 15 is 0 Å². The number of hydrogen-bond donors (Lipinski definition) is 2. The fourth-order valence-corrected chi connectivity index (χ4v) is 14.6. The Hall–Kier alpha value is -4.48. The first-order valence-corrected chi connectivity index (χ1v) is 23.5. The number of carbonyl (C=O) groups excluding carboxylic acids is 2. The Bertz CT molecular complexity index is 2350. The van der Waals surface area contributed by atoms with Gasteiger partial charge in [0, 0.05) is 10.0 Å². The highest BCUT2D eigenvalue weighted by atomic mass is 79.9. The molecule has 332 valence electrons. The topological polar surface area (TPSA) is 96.3 Å². The van der Waals surface area contributed by atoms with E-state index in [1.54, 1.807) is 18.2 Å². The van der Waals surface area contributed by atoms with Crippen LogP contribution in [0.5, 0.6) is 5.75 Å². The first-order chi connectivity index (χ1) is 29.6. The molecule has 0 bridgehead atoms. The van der Waals surface area contributed by atoms with Crippen molar-refractivity contribution in [1.29, 1.82) is 0 Å². The van der Waals surface area contributed by atoms with Crippen molar-refractivity contribution in [2.45, 2.75) is 83.2 Å². The lowest BCUT2D eigenvalue weighted by Gasteiger charge is -2.46. The van der Waals surface area contributed by atoms with E-state index in [0.29, 0.717) is 53.0 Å². The number of anilines is 1. The van der Waals surface area contributed by atoms with Crippen LogP contribution in [0, 0.1) is 17.8 Å². The summed E-state index contributed by atoms with van der Waals surface area (Å²) in [6.07, 6.45) is -8.29. The zero-order chi connectivity index (χ0) is 45.6. The molecule has 2 amide bonds. The molecular weight excluding hydrogens is 907 g/mol. The number of aromatic hydroxyl groups is 1. The first-order valence-electron chi connectivity index (χ1n) is 20.8. The molecule has 0 unspecified atom stereocenters. The standard InChI is InChI=1S/C47H47BBrF6NO6Si/c1-5-28(20-29-21-33(49)17-18-39(29)57)16-19-40-41-30(27-61-63(45(2,3)4,35-12-8-6-9-13-35)36-14-10-7-11-15-36)22-37-42(38(41)26-48(60)62-40)44(59)56(43(37)58)34-24-31(46(50,51)52)23-32(25-34)47(53,54)55/h6-15,17-18,20-21,23-25,37-38,40,42,57,60H,5,16,19,22,26-27H2,1-4H3/b28-20+/t37-,38+,40-,42-/m1/s1. The van der Waals surface area contributed by atoms with Crippen LogP contribution in [0.25, 0.3) is 6.08 Å². The molecule has 4 aromatic carbocycles. The van der Waals surface area contributed by atoms with Gasteiger partial charge in [0.25, 0.3) is 8.32 Å². The fourth-order valence-electron chi connectivity index (χ4n) is 9.70. The molecule has 0 saturated carbocycles. The van der Waals surface area contributed by atoms with Crippen LogP contribution in [-0.4, -0.2) is 50.1 Å². The molecule has 2 saturated heterocycles. The highest BCUT2D eigenvalue weighted by molar-refractivity contribution is 9.10. The molecule has 1 aliphatic carbocycles. The van der Waals surface area contributed by atoms with Crippen LogP contribution in [0.3, 0.4) is 0 Å². The van der Waals surface area contributed by atoms with Gasteiger partial charge in [0.15, 0.2) is 0 Å². The average Bonchev–Trinajstić information content (AvgIpc) is 3.48. The van der Waals surface area contributed by atoms with E-state index in [9.17, 15) is 46.1 Å². The van der Waals surface area contributed by atoms with Gasteiger partial charge in [0.2, 0.25) is 11.8 Å². The van der Waals surface area contributed by atoms with E-state index in [0.717, 1.165) is 20.4 Å². The van der Waals surface area contributed by atoms with Crippen LogP contribution in [0.15, 0.2) is 118 Å². The highest BCUT2D eigenvalue weighted by Gasteiger charge is 2.59. The summed E-state index contributed by atoms with van der Waals surface area (Å²) in [5.74, 6) is -5.05. The van der Waals surface area contributed by atoms with Crippen molar-refractivity contribution < 1.29 is 55.1 Å². The number of phenols is 1. The second-order valence-electron chi connectivity index (χ2n) is 17.4. The molecule has 2 N–H and O–H groups in total. The average molecular weight is 955 g/mol. The number of benzene rings is 4. The summed E-state index contributed by atoms with van der Waals surface area (Å²) in [4.78, 5) is 29.5. The molecule has 7 nitrogen and oxygen atoms in total. The maximum absolute atomic E-state index is 14.6. The molecule has 16 heteroatoms. The van der Waals surface area contributed by atoms with Crippen molar-refractivity contribution in [1.82, 2.24) is 0 Å². The Balaban J connectivity index is 1.34. The molecule has 0 radical (unpaired) electrons. The third-order valence-electron chi connectivity index (χ3n) is 12.5. The number of amides is 2. The second kappa shape index (κ2) is 17.8. The van der Waals surface area contributed by atoms with Crippen molar-refractivity contribution in [2.24, 2.45) is 17.8 Å². The van der Waals surface area contributed by atoms with Gasteiger partial charge in [-0.15, -0.1) is 0 Å². The Morgan fingerprint density at radius 3 is 2.00 bits per heavy atom. The Morgan fingerprint density at radius 1 is 0.873 bits per heavy atom. The molecule has 2 fully saturated rings. The van der Waals surface area contributed by atoms with Gasteiger partial charge in [-0.3, -0.25) is 9.59 Å². The lowest BCUT2D eigenvalue weighted by Crippen LogP contribution is -2.66. The highest BCUT2D eigenvalue weighted by Crippen LogP contribution is 2.53. The van der Waals surface area contributed by atoms with Crippen LogP contribution < -0.4 is 15.3 Å². The molecule has 3 aliphatic rings. The van der Waals surface area contributed by atoms with Crippen LogP contribution in [0.4, 0.5) is 32.0 Å². The molecule has 4 atom stereocenters. The van der Waals surface area contributed by atoms with Crippen LogP contribution in [0.1, 0.15) is 70.1 Å². The maximum Gasteiger partial charge on any atom is 0.455 e. The van der Waals surface area contributed by atoms with Gasteiger partial charge < -0.3 is 19.2 Å². The number of carbonyl (C=O) groups is 2.